The van der Waals surface area contributed by atoms with Gasteiger partial charge in [0.1, 0.15) is 27.8 Å². The van der Waals surface area contributed by atoms with E-state index in [9.17, 15) is 0 Å². The van der Waals surface area contributed by atoms with Crippen molar-refractivity contribution in [2.75, 3.05) is 4.90 Å². The van der Waals surface area contributed by atoms with Gasteiger partial charge in [-0.15, -0.1) is 0 Å². The lowest BCUT2D eigenvalue weighted by atomic mass is 9.82. The molecule has 57 heavy (non-hydrogen) atoms. The first kappa shape index (κ1) is 31.9. The number of hydrogen-bond acceptors (Lipinski definition) is 5. The van der Waals surface area contributed by atoms with Crippen LogP contribution in [0.2, 0.25) is 0 Å². The molecule has 1 aliphatic carbocycles. The van der Waals surface area contributed by atoms with E-state index in [1.54, 1.807) is 0 Å². The molecule has 0 spiro atoms. The zero-order valence-electron chi connectivity index (χ0n) is 31.3. The minimum atomic E-state index is -0.0887. The van der Waals surface area contributed by atoms with Crippen LogP contribution in [0.1, 0.15) is 25.0 Å². The maximum absolute atomic E-state index is 6.63. The topological polar surface area (TPSA) is 55.6 Å². The van der Waals surface area contributed by atoms with Crippen molar-refractivity contribution in [2.24, 2.45) is 0 Å². The number of rotatable bonds is 5. The van der Waals surface area contributed by atoms with Gasteiger partial charge in [0, 0.05) is 55.7 Å². The van der Waals surface area contributed by atoms with Crippen LogP contribution >= 0.6 is 0 Å². The van der Waals surface area contributed by atoms with E-state index in [0.29, 0.717) is 11.5 Å². The summed E-state index contributed by atoms with van der Waals surface area (Å²) in [6.45, 7) is 4.64. The fourth-order valence-electron chi connectivity index (χ4n) is 9.14. The average molecular weight is 735 g/mol. The van der Waals surface area contributed by atoms with Crippen LogP contribution in [0, 0.1) is 0 Å². The number of nitrogens with zero attached hydrogens (tertiary/aromatic N) is 2. The number of anilines is 3. The standard InChI is InChI=1S/C52H34N2O3/c1-52(2)42-17-9-6-14-36(42)40-28-34(25-27-43(40)52)54(35-24-26-39-37-15-7-10-18-44(37)55-46(39)29-35)33-22-20-31(21-23-33)48-49-47(57-51(53-49)32-12-4-3-5-13-32)30-41-38-16-8-11-19-45(38)56-50(41)48/h3-30H,1-2H3. The number of oxazole rings is 1. The first-order valence-electron chi connectivity index (χ1n) is 19.4. The minimum Gasteiger partial charge on any atom is -0.456 e. The molecule has 270 valence electrons. The highest BCUT2D eigenvalue weighted by molar-refractivity contribution is 6.17. The molecule has 0 bridgehead atoms. The Morgan fingerprint density at radius 2 is 1.07 bits per heavy atom. The predicted molar refractivity (Wildman–Crippen MR) is 232 cm³/mol. The van der Waals surface area contributed by atoms with Gasteiger partial charge < -0.3 is 18.2 Å². The molecule has 5 nitrogen and oxygen atoms in total. The van der Waals surface area contributed by atoms with Crippen molar-refractivity contribution >= 4 is 72.0 Å². The Morgan fingerprint density at radius 3 is 1.89 bits per heavy atom. The number of furan rings is 2. The fraction of sp³-hybridized carbons (Fsp3) is 0.0577. The normalized spacial score (nSPS) is 13.2. The maximum Gasteiger partial charge on any atom is 0.227 e. The monoisotopic (exact) mass is 734 g/mol. The molecular weight excluding hydrogens is 701 g/mol. The molecule has 11 aromatic rings. The summed E-state index contributed by atoms with van der Waals surface area (Å²) in [5.41, 5.74) is 15.9. The first-order chi connectivity index (χ1) is 28.0. The largest absolute Gasteiger partial charge is 0.456 e. The van der Waals surface area contributed by atoms with Crippen molar-refractivity contribution in [1.29, 1.82) is 0 Å². The van der Waals surface area contributed by atoms with Crippen LogP contribution in [-0.4, -0.2) is 4.98 Å². The zero-order chi connectivity index (χ0) is 37.8. The van der Waals surface area contributed by atoms with Gasteiger partial charge in [0.15, 0.2) is 5.58 Å². The lowest BCUT2D eigenvalue weighted by Crippen LogP contribution is -2.15. The van der Waals surface area contributed by atoms with E-state index in [2.05, 4.69) is 128 Å². The van der Waals surface area contributed by atoms with Gasteiger partial charge in [0.25, 0.3) is 0 Å². The Kier molecular flexibility index (Phi) is 6.62. The van der Waals surface area contributed by atoms with Gasteiger partial charge in [-0.1, -0.05) is 111 Å². The summed E-state index contributed by atoms with van der Waals surface area (Å²) < 4.78 is 19.5. The Labute approximate surface area is 328 Å². The van der Waals surface area contributed by atoms with Crippen LogP contribution in [0.4, 0.5) is 17.1 Å². The van der Waals surface area contributed by atoms with Gasteiger partial charge in [-0.2, -0.15) is 0 Å². The number of benzene rings is 8. The quantitative estimate of drug-likeness (QED) is 0.176. The van der Waals surface area contributed by atoms with Crippen LogP contribution in [0.3, 0.4) is 0 Å². The van der Waals surface area contributed by atoms with E-state index in [1.165, 1.54) is 22.3 Å². The summed E-state index contributed by atoms with van der Waals surface area (Å²) in [4.78, 5) is 7.42. The van der Waals surface area contributed by atoms with Crippen molar-refractivity contribution < 1.29 is 13.3 Å². The van der Waals surface area contributed by atoms with Gasteiger partial charge in [-0.3, -0.25) is 0 Å². The van der Waals surface area contributed by atoms with Gasteiger partial charge in [-0.05, 0) is 94.5 Å². The third kappa shape index (κ3) is 4.72. The lowest BCUT2D eigenvalue weighted by molar-refractivity contribution is 0.620. The Balaban J connectivity index is 1.05. The smallest absolute Gasteiger partial charge is 0.227 e. The summed E-state index contributed by atoms with van der Waals surface area (Å²) in [7, 11) is 0. The van der Waals surface area contributed by atoms with Crippen molar-refractivity contribution in [1.82, 2.24) is 4.98 Å². The molecule has 0 N–H and O–H groups in total. The molecule has 1 aliphatic rings. The van der Waals surface area contributed by atoms with Gasteiger partial charge in [-0.25, -0.2) is 4.98 Å². The van der Waals surface area contributed by atoms with Crippen LogP contribution in [0.15, 0.2) is 183 Å². The molecule has 3 aromatic heterocycles. The van der Waals surface area contributed by atoms with Gasteiger partial charge >= 0.3 is 0 Å². The lowest BCUT2D eigenvalue weighted by Gasteiger charge is -2.27. The molecule has 0 amide bonds. The molecular formula is C52H34N2O3. The summed E-state index contributed by atoms with van der Waals surface area (Å²) in [5, 5.41) is 4.24. The van der Waals surface area contributed by atoms with Crippen molar-refractivity contribution in [2.45, 2.75) is 19.3 Å². The van der Waals surface area contributed by atoms with Crippen LogP contribution in [0.25, 0.3) is 88.7 Å². The second-order valence-electron chi connectivity index (χ2n) is 15.5. The van der Waals surface area contributed by atoms with Crippen molar-refractivity contribution in [3.8, 4) is 33.7 Å². The SMILES string of the molecule is CC1(C)c2ccccc2-c2cc(N(c3ccc(-c4c5nc(-c6ccccc6)oc5cc5c4oc4ccccc45)cc3)c3ccc4c(c3)oc3ccccc34)ccc21. The van der Waals surface area contributed by atoms with Crippen LogP contribution in [0.5, 0.6) is 0 Å². The Morgan fingerprint density at radius 1 is 0.439 bits per heavy atom. The molecule has 0 atom stereocenters. The van der Waals surface area contributed by atoms with E-state index < -0.39 is 0 Å². The first-order valence-corrected chi connectivity index (χ1v) is 19.4. The molecule has 0 fully saturated rings. The number of para-hydroxylation sites is 2. The van der Waals surface area contributed by atoms with E-state index in [4.69, 9.17) is 18.2 Å². The third-order valence-electron chi connectivity index (χ3n) is 11.9. The highest BCUT2D eigenvalue weighted by atomic mass is 16.4. The maximum atomic E-state index is 6.63. The summed E-state index contributed by atoms with van der Waals surface area (Å²) in [5.74, 6) is 0.578. The molecule has 0 aliphatic heterocycles. The zero-order valence-corrected chi connectivity index (χ0v) is 31.3. The molecule has 0 unspecified atom stereocenters. The molecule has 8 aromatic carbocycles. The average Bonchev–Trinajstić information content (AvgIpc) is 4.01. The number of fused-ring (bicyclic) bond motifs is 10. The second-order valence-corrected chi connectivity index (χ2v) is 15.5. The van der Waals surface area contributed by atoms with Gasteiger partial charge in [0.2, 0.25) is 5.89 Å². The Hall–Kier alpha value is -7.37. The Bertz CT molecular complexity index is 3380. The van der Waals surface area contributed by atoms with Crippen molar-refractivity contribution in [3.05, 3.63) is 181 Å². The fourth-order valence-corrected chi connectivity index (χ4v) is 9.14. The molecule has 5 heteroatoms. The van der Waals surface area contributed by atoms with E-state index >= 15 is 0 Å². The highest BCUT2D eigenvalue weighted by Gasteiger charge is 2.35. The summed E-state index contributed by atoms with van der Waals surface area (Å²) in [6.07, 6.45) is 0. The second kappa shape index (κ2) is 11.8. The highest BCUT2D eigenvalue weighted by Crippen LogP contribution is 2.51. The van der Waals surface area contributed by atoms with E-state index in [1.807, 2.05) is 60.7 Å². The predicted octanol–water partition coefficient (Wildman–Crippen LogP) is 14.7. The van der Waals surface area contributed by atoms with Crippen LogP contribution < -0.4 is 4.90 Å². The van der Waals surface area contributed by atoms with Gasteiger partial charge in [0.05, 0.1) is 5.56 Å². The summed E-state index contributed by atoms with van der Waals surface area (Å²) >= 11 is 0. The molecule has 3 heterocycles. The van der Waals surface area contributed by atoms with Crippen LogP contribution in [-0.2, 0) is 5.41 Å². The van der Waals surface area contributed by atoms with E-state index in [-0.39, 0.29) is 5.41 Å². The minimum absolute atomic E-state index is 0.0887. The molecule has 0 radical (unpaired) electrons. The number of hydrogen-bond donors (Lipinski definition) is 0. The molecule has 0 saturated carbocycles. The third-order valence-corrected chi connectivity index (χ3v) is 11.9. The van der Waals surface area contributed by atoms with E-state index in [0.717, 1.165) is 83.1 Å². The number of aromatic nitrogens is 1. The summed E-state index contributed by atoms with van der Waals surface area (Å²) in [6, 6.07) is 59.5. The molecule has 0 saturated heterocycles. The van der Waals surface area contributed by atoms with Crippen molar-refractivity contribution in [3.63, 3.8) is 0 Å². The molecule has 12 rings (SSSR count).